The molecule has 4 aliphatic rings. The minimum atomic E-state index is -0.548. The Bertz CT molecular complexity index is 636. The summed E-state index contributed by atoms with van der Waals surface area (Å²) in [5, 5.41) is 12.4. The van der Waals surface area contributed by atoms with E-state index >= 15 is 0 Å². The Morgan fingerprint density at radius 1 is 1.12 bits per heavy atom. The van der Waals surface area contributed by atoms with Crippen LogP contribution in [0.25, 0.3) is 0 Å². The SMILES string of the molecule is C/C(NC1CCOCC1)=C1\NC2N=CC3=C(N2)N(CCOC1N)NC3Br.CC.CC.CC. The van der Waals surface area contributed by atoms with Crippen LogP contribution in [0.2, 0.25) is 0 Å². The molecule has 4 heterocycles. The molecule has 0 aromatic rings. The van der Waals surface area contributed by atoms with Crippen LogP contribution in [0, 0.1) is 0 Å². The van der Waals surface area contributed by atoms with Crippen molar-refractivity contribution in [3.8, 4) is 0 Å². The van der Waals surface area contributed by atoms with Crippen molar-refractivity contribution in [3.63, 3.8) is 0 Å². The number of ether oxygens (including phenoxy) is 2. The molecule has 2 fully saturated rings. The number of aliphatic imine (C=N–C) groups is 1. The number of rotatable bonds is 2. The van der Waals surface area contributed by atoms with Gasteiger partial charge in [-0.3, -0.25) is 5.01 Å². The van der Waals surface area contributed by atoms with Crippen LogP contribution in [-0.4, -0.2) is 61.1 Å². The van der Waals surface area contributed by atoms with Gasteiger partial charge in [-0.2, -0.15) is 0 Å². The highest BCUT2D eigenvalue weighted by Crippen LogP contribution is 2.25. The van der Waals surface area contributed by atoms with Crippen LogP contribution < -0.4 is 27.1 Å². The Balaban J connectivity index is 0.000000789. The minimum absolute atomic E-state index is 0.0380. The second-order valence-electron chi connectivity index (χ2n) is 6.78. The first-order chi connectivity index (χ1) is 15.6. The predicted octanol–water partition coefficient (Wildman–Crippen LogP) is 2.68. The lowest BCUT2D eigenvalue weighted by molar-refractivity contribution is 0.0482. The van der Waals surface area contributed by atoms with Gasteiger partial charge in [-0.25, -0.2) is 10.4 Å². The number of hydrogen-bond acceptors (Lipinski definition) is 9. The first-order valence-corrected chi connectivity index (χ1v) is 12.9. The molecule has 0 saturated carbocycles. The zero-order valence-corrected chi connectivity index (χ0v) is 22.4. The molecular formula is C22H44BrN7O2. The van der Waals surface area contributed by atoms with Crippen LogP contribution in [0.1, 0.15) is 61.3 Å². The number of nitrogens with zero attached hydrogens (tertiary/aromatic N) is 2. The maximum absolute atomic E-state index is 6.32. The molecule has 32 heavy (non-hydrogen) atoms. The fraction of sp³-hybridized carbons (Fsp3) is 0.773. The highest BCUT2D eigenvalue weighted by molar-refractivity contribution is 9.09. The summed E-state index contributed by atoms with van der Waals surface area (Å²) in [6, 6.07) is 0.390. The molecule has 0 aliphatic carbocycles. The molecule has 0 spiro atoms. The molecule has 0 aromatic heterocycles. The van der Waals surface area contributed by atoms with Gasteiger partial charge in [0.2, 0.25) is 0 Å². The molecule has 0 aromatic carbocycles. The van der Waals surface area contributed by atoms with E-state index in [1.807, 2.05) is 59.7 Å². The van der Waals surface area contributed by atoms with E-state index in [-0.39, 0.29) is 11.2 Å². The van der Waals surface area contributed by atoms with E-state index in [9.17, 15) is 0 Å². The number of nitrogens with two attached hydrogens (primary N) is 1. The van der Waals surface area contributed by atoms with Gasteiger partial charge in [-0.05, 0) is 19.8 Å². The predicted molar refractivity (Wildman–Crippen MR) is 136 cm³/mol. The third-order valence-electron chi connectivity index (χ3n) is 4.96. The highest BCUT2D eigenvalue weighted by atomic mass is 79.9. The second-order valence-corrected chi connectivity index (χ2v) is 7.69. The maximum atomic E-state index is 6.32. The van der Waals surface area contributed by atoms with Crippen LogP contribution >= 0.6 is 15.9 Å². The van der Waals surface area contributed by atoms with Gasteiger partial charge >= 0.3 is 0 Å². The molecule has 0 radical (unpaired) electrons. The summed E-state index contributed by atoms with van der Waals surface area (Å²) < 4.78 is 11.3. The summed E-state index contributed by atoms with van der Waals surface area (Å²) in [5.41, 5.74) is 12.6. The normalized spacial score (nSPS) is 28.4. The molecule has 186 valence electrons. The molecule has 2 bridgehead atoms. The summed E-state index contributed by atoms with van der Waals surface area (Å²) in [6.07, 6.45) is 3.02. The molecule has 4 aliphatic heterocycles. The van der Waals surface area contributed by atoms with Gasteiger partial charge < -0.3 is 31.2 Å². The Morgan fingerprint density at radius 3 is 2.44 bits per heavy atom. The van der Waals surface area contributed by atoms with Crippen molar-refractivity contribution < 1.29 is 9.47 Å². The first kappa shape index (κ1) is 28.7. The van der Waals surface area contributed by atoms with Gasteiger partial charge in [0.05, 0.1) is 18.8 Å². The average Bonchev–Trinajstić information content (AvgIpc) is 3.16. The Hall–Kier alpha value is -1.33. The largest absolute Gasteiger partial charge is 0.384 e. The molecule has 3 unspecified atom stereocenters. The molecule has 9 nitrogen and oxygen atoms in total. The molecule has 4 rings (SSSR count). The van der Waals surface area contributed by atoms with E-state index in [2.05, 4.69) is 42.3 Å². The van der Waals surface area contributed by atoms with E-state index in [0.717, 1.165) is 48.8 Å². The zero-order chi connectivity index (χ0) is 24.1. The van der Waals surface area contributed by atoms with Crippen molar-refractivity contribution in [3.05, 3.63) is 22.8 Å². The van der Waals surface area contributed by atoms with Crippen LogP contribution in [0.15, 0.2) is 27.8 Å². The topological polar surface area (TPSA) is 108 Å². The van der Waals surface area contributed by atoms with E-state index < -0.39 is 6.23 Å². The molecule has 2 saturated heterocycles. The fourth-order valence-corrected chi connectivity index (χ4v) is 4.12. The highest BCUT2D eigenvalue weighted by Gasteiger charge is 2.34. The van der Waals surface area contributed by atoms with Crippen LogP contribution in [-0.2, 0) is 9.47 Å². The van der Waals surface area contributed by atoms with Crippen LogP contribution in [0.5, 0.6) is 0 Å². The molecule has 3 atom stereocenters. The number of halogens is 1. The van der Waals surface area contributed by atoms with E-state index in [4.69, 9.17) is 15.2 Å². The summed E-state index contributed by atoms with van der Waals surface area (Å²) >= 11 is 3.61. The number of fused-ring (bicyclic) bond motifs is 1. The Labute approximate surface area is 202 Å². The van der Waals surface area contributed by atoms with Crippen molar-refractivity contribution in [1.82, 2.24) is 26.4 Å². The van der Waals surface area contributed by atoms with Crippen molar-refractivity contribution >= 4 is 22.1 Å². The van der Waals surface area contributed by atoms with Gasteiger partial charge in [0, 0.05) is 36.7 Å². The van der Waals surface area contributed by atoms with Crippen molar-refractivity contribution in [2.45, 2.75) is 84.8 Å². The average molecular weight is 519 g/mol. The lowest BCUT2D eigenvalue weighted by Crippen LogP contribution is -2.52. The Kier molecular flexibility index (Phi) is 13.9. The van der Waals surface area contributed by atoms with Gasteiger partial charge in [0.25, 0.3) is 0 Å². The van der Waals surface area contributed by atoms with Crippen molar-refractivity contribution in [2.24, 2.45) is 10.7 Å². The Morgan fingerprint density at radius 2 is 1.78 bits per heavy atom. The minimum Gasteiger partial charge on any atom is -0.384 e. The number of alkyl halides is 1. The maximum Gasteiger partial charge on any atom is 0.195 e. The molecule has 6 N–H and O–H groups in total. The lowest BCUT2D eigenvalue weighted by Gasteiger charge is -2.33. The number of allylic oxidation sites excluding steroid dienone is 1. The number of nitrogens with one attached hydrogen (secondary N) is 4. The lowest BCUT2D eigenvalue weighted by atomic mass is 10.1. The quantitative estimate of drug-likeness (QED) is 0.281. The van der Waals surface area contributed by atoms with Crippen LogP contribution in [0.3, 0.4) is 0 Å². The number of hydrazine groups is 1. The van der Waals surface area contributed by atoms with Gasteiger partial charge in [-0.1, -0.05) is 57.5 Å². The van der Waals surface area contributed by atoms with E-state index in [1.165, 1.54) is 0 Å². The standard InChI is InChI=1S/C16H26BrN7O2.3C2H6/c1-9(20-10-2-5-25-6-3-10)12-14(18)26-7-4-24-15-11(13(17)23-24)8-19-16(21-12)22-15;3*1-2/h8,10,13-14,16,20-23H,2-7,18H2,1H3;3*1-2H3/b12-9+;;;. The summed E-state index contributed by atoms with van der Waals surface area (Å²) in [4.78, 5) is 4.61. The third kappa shape index (κ3) is 7.62. The monoisotopic (exact) mass is 517 g/mol. The summed E-state index contributed by atoms with van der Waals surface area (Å²) in [6.45, 7) is 16.8. The van der Waals surface area contributed by atoms with E-state index in [1.54, 1.807) is 0 Å². The first-order valence-electron chi connectivity index (χ1n) is 12.0. The zero-order valence-electron chi connectivity index (χ0n) is 20.8. The molecule has 0 amide bonds. The van der Waals surface area contributed by atoms with Gasteiger partial charge in [0.1, 0.15) is 17.0 Å². The van der Waals surface area contributed by atoms with Crippen LogP contribution in [0.4, 0.5) is 0 Å². The van der Waals surface area contributed by atoms with Crippen molar-refractivity contribution in [1.29, 1.82) is 0 Å². The smallest absolute Gasteiger partial charge is 0.195 e. The summed E-state index contributed by atoms with van der Waals surface area (Å²) in [5.74, 6) is 1.01. The second kappa shape index (κ2) is 15.5. The van der Waals surface area contributed by atoms with Crippen molar-refractivity contribution in [2.75, 3.05) is 26.4 Å². The van der Waals surface area contributed by atoms with Gasteiger partial charge in [0.15, 0.2) is 6.29 Å². The third-order valence-corrected chi connectivity index (χ3v) is 5.65. The fourth-order valence-electron chi connectivity index (χ4n) is 3.54. The summed E-state index contributed by atoms with van der Waals surface area (Å²) in [7, 11) is 0. The molecule has 10 heteroatoms. The number of hydrogen-bond donors (Lipinski definition) is 5. The van der Waals surface area contributed by atoms with E-state index in [0.29, 0.717) is 19.2 Å². The molecular weight excluding hydrogens is 474 g/mol. The van der Waals surface area contributed by atoms with Gasteiger partial charge in [-0.15, -0.1) is 0 Å².